The van der Waals surface area contributed by atoms with E-state index in [4.69, 9.17) is 0 Å². The molecule has 2 heterocycles. The van der Waals surface area contributed by atoms with Gasteiger partial charge < -0.3 is 10.2 Å². The molecule has 1 saturated heterocycles. The number of benzene rings is 2. The van der Waals surface area contributed by atoms with Gasteiger partial charge in [0.15, 0.2) is 0 Å². The summed E-state index contributed by atoms with van der Waals surface area (Å²) in [5, 5.41) is 3.77. The summed E-state index contributed by atoms with van der Waals surface area (Å²) in [6.45, 7) is 3.44. The Labute approximate surface area is 171 Å². The van der Waals surface area contributed by atoms with Crippen molar-refractivity contribution in [3.63, 3.8) is 0 Å². The number of aromatic nitrogens is 1. The highest BCUT2D eigenvalue weighted by Gasteiger charge is 2.21. The lowest BCUT2D eigenvalue weighted by Gasteiger charge is -2.36. The first kappa shape index (κ1) is 18.8. The highest BCUT2D eigenvalue weighted by molar-refractivity contribution is 9.10. The summed E-state index contributed by atoms with van der Waals surface area (Å²) in [6, 6.07) is 14.4. The standard InChI is InChI=1S/C21H20BrFN4O/c22-15-5-6-16-19(13-15)24-8-7-20(16)27-11-9-26(10-12-27)14-21(28)25-18-4-2-1-3-17(18)23/h1-8,13H,9-12,14H2,(H,25,28). The Morgan fingerprint density at radius 2 is 1.89 bits per heavy atom. The van der Waals surface area contributed by atoms with Gasteiger partial charge in [0.05, 0.1) is 17.7 Å². The molecule has 4 rings (SSSR count). The maximum atomic E-state index is 13.7. The number of para-hydroxylation sites is 1. The number of hydrogen-bond donors (Lipinski definition) is 1. The van der Waals surface area contributed by atoms with Crippen molar-refractivity contribution in [2.75, 3.05) is 42.9 Å². The lowest BCUT2D eigenvalue weighted by atomic mass is 10.1. The minimum Gasteiger partial charge on any atom is -0.368 e. The van der Waals surface area contributed by atoms with Gasteiger partial charge in [0.1, 0.15) is 5.82 Å². The third-order valence-corrected chi connectivity index (χ3v) is 5.40. The smallest absolute Gasteiger partial charge is 0.238 e. The fourth-order valence-corrected chi connectivity index (χ4v) is 3.83. The van der Waals surface area contributed by atoms with E-state index in [0.29, 0.717) is 0 Å². The van der Waals surface area contributed by atoms with Crippen LogP contribution in [-0.2, 0) is 4.79 Å². The monoisotopic (exact) mass is 442 g/mol. The molecule has 0 saturated carbocycles. The zero-order valence-electron chi connectivity index (χ0n) is 15.2. The summed E-state index contributed by atoms with van der Waals surface area (Å²) in [5.41, 5.74) is 2.34. The number of fused-ring (bicyclic) bond motifs is 1. The molecule has 0 atom stereocenters. The summed E-state index contributed by atoms with van der Waals surface area (Å²) >= 11 is 3.49. The summed E-state index contributed by atoms with van der Waals surface area (Å²) in [5.74, 6) is -0.616. The van der Waals surface area contributed by atoms with Crippen LogP contribution in [0.5, 0.6) is 0 Å². The maximum Gasteiger partial charge on any atom is 0.238 e. The summed E-state index contributed by atoms with van der Waals surface area (Å²) in [4.78, 5) is 21.1. The molecule has 1 N–H and O–H groups in total. The van der Waals surface area contributed by atoms with Gasteiger partial charge in [0.25, 0.3) is 0 Å². The molecule has 0 unspecified atom stereocenters. The van der Waals surface area contributed by atoms with E-state index in [0.717, 1.165) is 47.2 Å². The fraction of sp³-hybridized carbons (Fsp3) is 0.238. The molecule has 28 heavy (non-hydrogen) atoms. The van der Waals surface area contributed by atoms with E-state index in [1.807, 2.05) is 24.4 Å². The van der Waals surface area contributed by atoms with Gasteiger partial charge in [-0.15, -0.1) is 0 Å². The normalized spacial score (nSPS) is 15.0. The van der Waals surface area contributed by atoms with Crippen LogP contribution in [0.15, 0.2) is 59.2 Å². The first-order valence-electron chi connectivity index (χ1n) is 9.16. The Morgan fingerprint density at radius 1 is 1.11 bits per heavy atom. The molecular weight excluding hydrogens is 423 g/mol. The number of pyridine rings is 1. The van der Waals surface area contributed by atoms with E-state index in [2.05, 4.69) is 42.1 Å². The van der Waals surface area contributed by atoms with E-state index in [9.17, 15) is 9.18 Å². The molecule has 5 nitrogen and oxygen atoms in total. The van der Waals surface area contributed by atoms with Crippen molar-refractivity contribution in [3.05, 3.63) is 65.0 Å². The van der Waals surface area contributed by atoms with Crippen LogP contribution in [0.25, 0.3) is 10.9 Å². The molecular formula is C21H20BrFN4O. The number of nitrogens with zero attached hydrogens (tertiary/aromatic N) is 3. The molecule has 1 aliphatic heterocycles. The van der Waals surface area contributed by atoms with E-state index in [1.165, 1.54) is 6.07 Å². The van der Waals surface area contributed by atoms with E-state index in [-0.39, 0.29) is 18.1 Å². The van der Waals surface area contributed by atoms with Crippen LogP contribution >= 0.6 is 15.9 Å². The molecule has 0 radical (unpaired) electrons. The van der Waals surface area contributed by atoms with Crippen LogP contribution in [0.3, 0.4) is 0 Å². The van der Waals surface area contributed by atoms with Gasteiger partial charge in [-0.3, -0.25) is 14.7 Å². The predicted octanol–water partition coefficient (Wildman–Crippen LogP) is 3.90. The number of amides is 1. The predicted molar refractivity (Wildman–Crippen MR) is 113 cm³/mol. The topological polar surface area (TPSA) is 48.5 Å². The zero-order chi connectivity index (χ0) is 19.5. The highest BCUT2D eigenvalue weighted by atomic mass is 79.9. The van der Waals surface area contributed by atoms with Crippen molar-refractivity contribution in [2.45, 2.75) is 0 Å². The molecule has 1 fully saturated rings. The Kier molecular flexibility index (Phi) is 5.54. The number of halogens is 2. The Hall–Kier alpha value is -2.51. The summed E-state index contributed by atoms with van der Waals surface area (Å²) in [6.07, 6.45) is 1.83. The third kappa shape index (κ3) is 4.15. The first-order valence-corrected chi connectivity index (χ1v) is 9.95. The maximum absolute atomic E-state index is 13.7. The summed E-state index contributed by atoms with van der Waals surface area (Å²) in [7, 11) is 0. The van der Waals surface area contributed by atoms with E-state index in [1.54, 1.807) is 18.2 Å². The second kappa shape index (κ2) is 8.24. The van der Waals surface area contributed by atoms with Gasteiger partial charge in [0.2, 0.25) is 5.91 Å². The summed E-state index contributed by atoms with van der Waals surface area (Å²) < 4.78 is 14.7. The number of anilines is 2. The van der Waals surface area contributed by atoms with Crippen LogP contribution in [0, 0.1) is 5.82 Å². The van der Waals surface area contributed by atoms with Crippen molar-refractivity contribution in [1.82, 2.24) is 9.88 Å². The lowest BCUT2D eigenvalue weighted by molar-refractivity contribution is -0.117. The van der Waals surface area contributed by atoms with Crippen molar-refractivity contribution >= 4 is 44.1 Å². The van der Waals surface area contributed by atoms with Gasteiger partial charge in [-0.2, -0.15) is 0 Å². The van der Waals surface area contributed by atoms with Gasteiger partial charge in [-0.1, -0.05) is 28.1 Å². The number of carbonyl (C=O) groups excluding carboxylic acids is 1. The van der Waals surface area contributed by atoms with Crippen LogP contribution in [-0.4, -0.2) is 48.5 Å². The van der Waals surface area contributed by atoms with Crippen LogP contribution in [0.2, 0.25) is 0 Å². The second-order valence-corrected chi connectivity index (χ2v) is 7.70. The van der Waals surface area contributed by atoms with Gasteiger partial charge in [-0.05, 0) is 36.4 Å². The molecule has 0 spiro atoms. The second-order valence-electron chi connectivity index (χ2n) is 6.78. The van der Waals surface area contributed by atoms with Gasteiger partial charge in [0, 0.05) is 47.9 Å². The molecule has 1 aliphatic rings. The average Bonchev–Trinajstić information content (AvgIpc) is 2.70. The van der Waals surface area contributed by atoms with E-state index < -0.39 is 5.82 Å². The number of nitrogens with one attached hydrogen (secondary N) is 1. The zero-order valence-corrected chi connectivity index (χ0v) is 16.8. The molecule has 3 aromatic rings. The molecule has 7 heteroatoms. The average molecular weight is 443 g/mol. The third-order valence-electron chi connectivity index (χ3n) is 4.91. The Bertz CT molecular complexity index is 1000. The van der Waals surface area contributed by atoms with Crippen molar-refractivity contribution in [2.24, 2.45) is 0 Å². The van der Waals surface area contributed by atoms with Gasteiger partial charge >= 0.3 is 0 Å². The number of carbonyl (C=O) groups is 1. The number of piperazine rings is 1. The SMILES string of the molecule is O=C(CN1CCN(c2ccnc3cc(Br)ccc23)CC1)Nc1ccccc1F. The van der Waals surface area contributed by atoms with Crippen molar-refractivity contribution < 1.29 is 9.18 Å². The van der Waals surface area contributed by atoms with Crippen molar-refractivity contribution in [1.29, 1.82) is 0 Å². The fourth-order valence-electron chi connectivity index (χ4n) is 3.48. The Morgan fingerprint density at radius 3 is 2.68 bits per heavy atom. The Balaban J connectivity index is 1.37. The highest BCUT2D eigenvalue weighted by Crippen LogP contribution is 2.28. The lowest BCUT2D eigenvalue weighted by Crippen LogP contribution is -2.48. The quantitative estimate of drug-likeness (QED) is 0.665. The molecule has 2 aromatic carbocycles. The molecule has 144 valence electrons. The molecule has 1 aromatic heterocycles. The van der Waals surface area contributed by atoms with E-state index >= 15 is 0 Å². The first-order chi connectivity index (χ1) is 13.6. The van der Waals surface area contributed by atoms with Crippen molar-refractivity contribution in [3.8, 4) is 0 Å². The number of rotatable bonds is 4. The molecule has 0 aliphatic carbocycles. The van der Waals surface area contributed by atoms with Crippen LogP contribution in [0.4, 0.5) is 15.8 Å². The van der Waals surface area contributed by atoms with Crippen LogP contribution < -0.4 is 10.2 Å². The largest absolute Gasteiger partial charge is 0.368 e. The molecule has 0 bridgehead atoms. The van der Waals surface area contributed by atoms with Gasteiger partial charge in [-0.25, -0.2) is 4.39 Å². The minimum absolute atomic E-state index is 0.197. The van der Waals surface area contributed by atoms with Crippen LogP contribution in [0.1, 0.15) is 0 Å². The molecule has 1 amide bonds. The minimum atomic E-state index is -0.420. The number of hydrogen-bond acceptors (Lipinski definition) is 4.